The molecule has 1 atom stereocenters. The average Bonchev–Trinajstić information content (AvgIpc) is 3.09. The van der Waals surface area contributed by atoms with Crippen LogP contribution in [0.15, 0.2) is 47.4 Å². The number of carbonyl (C=O) groups excluding carboxylic acids is 1. The summed E-state index contributed by atoms with van der Waals surface area (Å²) in [6.45, 7) is 7.07. The van der Waals surface area contributed by atoms with Crippen LogP contribution in [0.3, 0.4) is 0 Å². The summed E-state index contributed by atoms with van der Waals surface area (Å²) in [4.78, 5) is 13.4. The van der Waals surface area contributed by atoms with Crippen molar-refractivity contribution in [2.24, 2.45) is 5.92 Å². The lowest BCUT2D eigenvalue weighted by atomic mass is 9.96. The topological polar surface area (TPSA) is 75.7 Å². The number of methoxy groups -OCH3 is 1. The highest BCUT2D eigenvalue weighted by Gasteiger charge is 2.28. The van der Waals surface area contributed by atoms with Crippen molar-refractivity contribution in [3.8, 4) is 5.75 Å². The molecule has 1 amide bonds. The van der Waals surface area contributed by atoms with E-state index < -0.39 is 10.0 Å². The van der Waals surface area contributed by atoms with Gasteiger partial charge in [0.2, 0.25) is 10.0 Å². The summed E-state index contributed by atoms with van der Waals surface area (Å²) in [5.74, 6) is 0.855. The Hall–Kier alpha value is -2.38. The SMILES string of the molecule is COc1ccc([C@@H](CC(C)C)NC(=O)c2ccc(C)c(S(=O)(=O)N3CCCCCC3)c2)cc1. The fourth-order valence-corrected chi connectivity index (χ4v) is 6.04. The zero-order chi connectivity index (χ0) is 24.0. The predicted octanol–water partition coefficient (Wildman–Crippen LogP) is 5.09. The molecule has 1 fully saturated rings. The van der Waals surface area contributed by atoms with Gasteiger partial charge in [0, 0.05) is 18.7 Å². The lowest BCUT2D eigenvalue weighted by Gasteiger charge is -2.23. The molecular weight excluding hydrogens is 436 g/mol. The van der Waals surface area contributed by atoms with Crippen molar-refractivity contribution in [1.82, 2.24) is 9.62 Å². The first kappa shape index (κ1) is 25.2. The van der Waals surface area contributed by atoms with Gasteiger partial charge in [-0.15, -0.1) is 0 Å². The Labute approximate surface area is 198 Å². The van der Waals surface area contributed by atoms with Crippen LogP contribution >= 0.6 is 0 Å². The van der Waals surface area contributed by atoms with E-state index >= 15 is 0 Å². The molecule has 1 aliphatic rings. The third-order valence-corrected chi connectivity index (χ3v) is 8.20. The predicted molar refractivity (Wildman–Crippen MR) is 131 cm³/mol. The molecule has 0 aromatic heterocycles. The van der Waals surface area contributed by atoms with Gasteiger partial charge < -0.3 is 10.1 Å². The van der Waals surface area contributed by atoms with Gasteiger partial charge in [-0.3, -0.25) is 4.79 Å². The smallest absolute Gasteiger partial charge is 0.251 e. The van der Waals surface area contributed by atoms with Crippen molar-refractivity contribution in [3.05, 3.63) is 59.2 Å². The van der Waals surface area contributed by atoms with E-state index in [1.165, 1.54) is 6.07 Å². The first-order valence-corrected chi connectivity index (χ1v) is 13.2. The minimum absolute atomic E-state index is 0.185. The zero-order valence-corrected chi connectivity index (χ0v) is 21.0. The summed E-state index contributed by atoms with van der Waals surface area (Å²) in [6, 6.07) is 12.4. The van der Waals surface area contributed by atoms with E-state index in [0.717, 1.165) is 43.4 Å². The molecule has 2 aromatic rings. The summed E-state index contributed by atoms with van der Waals surface area (Å²) in [7, 11) is -2.02. The van der Waals surface area contributed by atoms with E-state index in [1.54, 1.807) is 30.5 Å². The molecule has 2 aromatic carbocycles. The molecule has 1 saturated heterocycles. The second-order valence-corrected chi connectivity index (χ2v) is 11.1. The highest BCUT2D eigenvalue weighted by atomic mass is 32.2. The molecular formula is C26H36N2O4S. The quantitative estimate of drug-likeness (QED) is 0.581. The Balaban J connectivity index is 1.86. The van der Waals surface area contributed by atoms with Crippen molar-refractivity contribution in [2.45, 2.75) is 63.8 Å². The van der Waals surface area contributed by atoms with Gasteiger partial charge in [0.25, 0.3) is 5.91 Å². The maximum absolute atomic E-state index is 13.4. The minimum Gasteiger partial charge on any atom is -0.497 e. The second kappa shape index (κ2) is 11.2. The number of amides is 1. The lowest BCUT2D eigenvalue weighted by molar-refractivity contribution is 0.0931. The van der Waals surface area contributed by atoms with Gasteiger partial charge in [0.15, 0.2) is 0 Å². The van der Waals surface area contributed by atoms with Crippen LogP contribution in [0, 0.1) is 12.8 Å². The molecule has 3 rings (SSSR count). The Kier molecular flexibility index (Phi) is 8.54. The van der Waals surface area contributed by atoms with Crippen molar-refractivity contribution < 1.29 is 17.9 Å². The van der Waals surface area contributed by atoms with Gasteiger partial charge in [-0.1, -0.05) is 44.9 Å². The maximum Gasteiger partial charge on any atom is 0.251 e. The minimum atomic E-state index is -3.64. The highest BCUT2D eigenvalue weighted by Crippen LogP contribution is 2.26. The lowest BCUT2D eigenvalue weighted by Crippen LogP contribution is -2.33. The first-order valence-electron chi connectivity index (χ1n) is 11.8. The largest absolute Gasteiger partial charge is 0.497 e. The van der Waals surface area contributed by atoms with E-state index in [4.69, 9.17) is 4.74 Å². The number of rotatable bonds is 8. The summed E-state index contributed by atoms with van der Waals surface area (Å²) in [5.41, 5.74) is 2.00. The fraction of sp³-hybridized carbons (Fsp3) is 0.500. The van der Waals surface area contributed by atoms with Crippen molar-refractivity contribution >= 4 is 15.9 Å². The van der Waals surface area contributed by atoms with Gasteiger partial charge in [-0.05, 0) is 67.5 Å². The molecule has 6 nitrogen and oxygen atoms in total. The molecule has 180 valence electrons. The first-order chi connectivity index (χ1) is 15.7. The summed E-state index contributed by atoms with van der Waals surface area (Å²) >= 11 is 0. The Morgan fingerprint density at radius 1 is 1.03 bits per heavy atom. The van der Waals surface area contributed by atoms with Crippen LogP contribution in [0.25, 0.3) is 0 Å². The third-order valence-electron chi connectivity index (χ3n) is 6.16. The average molecular weight is 473 g/mol. The van der Waals surface area contributed by atoms with E-state index in [2.05, 4.69) is 19.2 Å². The molecule has 7 heteroatoms. The molecule has 1 N–H and O–H groups in total. The Morgan fingerprint density at radius 3 is 2.24 bits per heavy atom. The monoisotopic (exact) mass is 472 g/mol. The normalized spacial score (nSPS) is 16.3. The van der Waals surface area contributed by atoms with Gasteiger partial charge in [-0.25, -0.2) is 8.42 Å². The van der Waals surface area contributed by atoms with Gasteiger partial charge in [0.1, 0.15) is 5.75 Å². The number of aryl methyl sites for hydroxylation is 1. The molecule has 0 spiro atoms. The van der Waals surface area contributed by atoms with Crippen molar-refractivity contribution in [2.75, 3.05) is 20.2 Å². The zero-order valence-electron chi connectivity index (χ0n) is 20.1. The van der Waals surface area contributed by atoms with Crippen LogP contribution in [-0.2, 0) is 10.0 Å². The third kappa shape index (κ3) is 6.36. The summed E-state index contributed by atoms with van der Waals surface area (Å²) < 4.78 is 33.6. The molecule has 0 bridgehead atoms. The number of nitrogens with zero attached hydrogens (tertiary/aromatic N) is 1. The van der Waals surface area contributed by atoms with E-state index in [9.17, 15) is 13.2 Å². The molecule has 0 aliphatic carbocycles. The number of sulfonamides is 1. The Morgan fingerprint density at radius 2 is 1.67 bits per heavy atom. The number of carbonyl (C=O) groups is 1. The molecule has 1 aliphatic heterocycles. The van der Waals surface area contributed by atoms with Crippen molar-refractivity contribution in [3.63, 3.8) is 0 Å². The van der Waals surface area contributed by atoms with Crippen LogP contribution < -0.4 is 10.1 Å². The summed E-state index contributed by atoms with van der Waals surface area (Å²) in [6.07, 6.45) is 4.61. The van der Waals surface area contributed by atoms with Crippen LogP contribution in [-0.4, -0.2) is 38.8 Å². The van der Waals surface area contributed by atoms with E-state index in [-0.39, 0.29) is 16.8 Å². The van der Waals surface area contributed by atoms with Gasteiger partial charge in [0.05, 0.1) is 18.0 Å². The summed E-state index contributed by atoms with van der Waals surface area (Å²) in [5, 5.41) is 3.12. The number of ether oxygens (including phenoxy) is 1. The van der Waals surface area contributed by atoms with Crippen molar-refractivity contribution in [1.29, 1.82) is 0 Å². The fourth-order valence-electron chi connectivity index (χ4n) is 4.27. The molecule has 0 unspecified atom stereocenters. The number of benzene rings is 2. The van der Waals surface area contributed by atoms with Crippen LogP contribution in [0.5, 0.6) is 5.75 Å². The standard InChI is InChI=1S/C26H36N2O4S/c1-19(2)17-24(21-11-13-23(32-4)14-12-21)27-26(29)22-10-9-20(3)25(18-22)33(30,31)28-15-7-5-6-8-16-28/h9-14,18-19,24H,5-8,15-17H2,1-4H3,(H,27,29)/t24-/m1/s1. The number of hydrogen-bond donors (Lipinski definition) is 1. The van der Waals surface area contributed by atoms with Gasteiger partial charge >= 0.3 is 0 Å². The molecule has 33 heavy (non-hydrogen) atoms. The highest BCUT2D eigenvalue weighted by molar-refractivity contribution is 7.89. The maximum atomic E-state index is 13.4. The van der Waals surface area contributed by atoms with Crippen LogP contribution in [0.4, 0.5) is 0 Å². The number of hydrogen-bond acceptors (Lipinski definition) is 4. The van der Waals surface area contributed by atoms with E-state index in [0.29, 0.717) is 30.1 Å². The molecule has 1 heterocycles. The number of nitrogens with one attached hydrogen (secondary N) is 1. The van der Waals surface area contributed by atoms with Crippen LogP contribution in [0.1, 0.15) is 73.5 Å². The van der Waals surface area contributed by atoms with E-state index in [1.807, 2.05) is 24.3 Å². The van der Waals surface area contributed by atoms with Crippen LogP contribution in [0.2, 0.25) is 0 Å². The second-order valence-electron chi connectivity index (χ2n) is 9.23. The molecule has 0 saturated carbocycles. The van der Waals surface area contributed by atoms with Gasteiger partial charge in [-0.2, -0.15) is 4.31 Å². The Bertz CT molecular complexity index is 1040. The molecule has 0 radical (unpaired) electrons.